The lowest BCUT2D eigenvalue weighted by Crippen LogP contribution is -2.65. The highest BCUT2D eigenvalue weighted by molar-refractivity contribution is 5.95. The smallest absolute Gasteiger partial charge is 0.331 e. The third-order valence-electron chi connectivity index (χ3n) is 9.58. The first-order valence-corrected chi connectivity index (χ1v) is 13.5. The summed E-state index contributed by atoms with van der Waals surface area (Å²) in [5.41, 5.74) is -2.79. The lowest BCUT2D eigenvalue weighted by molar-refractivity contribution is -0.201. The van der Waals surface area contributed by atoms with E-state index in [1.54, 1.807) is 31.2 Å². The van der Waals surface area contributed by atoms with Gasteiger partial charge in [0.15, 0.2) is 17.5 Å². The van der Waals surface area contributed by atoms with Crippen molar-refractivity contribution < 1.29 is 29.6 Å². The highest BCUT2D eigenvalue weighted by atomic mass is 16.6. The zero-order valence-corrected chi connectivity index (χ0v) is 22.2. The summed E-state index contributed by atoms with van der Waals surface area (Å²) in [6.45, 7) is 9.66. The molecule has 0 aliphatic heterocycles. The number of ketones is 1. The summed E-state index contributed by atoms with van der Waals surface area (Å²) in [7, 11) is 0. The zero-order chi connectivity index (χ0) is 26.5. The quantitative estimate of drug-likeness (QED) is 0.153. The van der Waals surface area contributed by atoms with Gasteiger partial charge < -0.3 is 20.1 Å². The van der Waals surface area contributed by atoms with Crippen molar-refractivity contribution in [2.75, 3.05) is 6.61 Å². The van der Waals surface area contributed by atoms with Crippen molar-refractivity contribution in [1.82, 2.24) is 0 Å². The van der Waals surface area contributed by atoms with Crippen LogP contribution < -0.4 is 0 Å². The molecule has 36 heavy (non-hydrogen) atoms. The normalized spacial score (nSPS) is 40.8. The molecule has 6 heteroatoms. The molecule has 2 bridgehead atoms. The maximum absolute atomic E-state index is 14.3. The number of unbranched alkanes of at least 4 members (excludes halogenated alkanes) is 3. The van der Waals surface area contributed by atoms with E-state index in [9.17, 15) is 24.9 Å². The highest BCUT2D eigenvalue weighted by Gasteiger charge is 2.76. The number of hydrogen-bond donors (Lipinski definition) is 3. The predicted molar refractivity (Wildman–Crippen MR) is 138 cm³/mol. The first-order valence-electron chi connectivity index (χ1n) is 13.5. The summed E-state index contributed by atoms with van der Waals surface area (Å²) in [6, 6.07) is 0. The number of esters is 1. The van der Waals surface area contributed by atoms with Crippen LogP contribution >= 0.6 is 0 Å². The van der Waals surface area contributed by atoms with Crippen molar-refractivity contribution in [2.24, 2.45) is 34.5 Å². The molecule has 2 saturated carbocycles. The Kier molecular flexibility index (Phi) is 7.28. The topological polar surface area (TPSA) is 104 Å². The summed E-state index contributed by atoms with van der Waals surface area (Å²) in [4.78, 5) is 27.1. The number of allylic oxidation sites excluding steroid dienone is 4. The van der Waals surface area contributed by atoms with E-state index in [0.717, 1.165) is 32.1 Å². The number of Topliss-reactive ketones (excluding diaryl/α,β-unsaturated/α-hetero) is 1. The van der Waals surface area contributed by atoms with Crippen LogP contribution in [-0.2, 0) is 14.3 Å². The average Bonchev–Trinajstić information content (AvgIpc) is 3.32. The molecule has 2 fully saturated rings. The summed E-state index contributed by atoms with van der Waals surface area (Å²) in [5.74, 6) is -1.21. The zero-order valence-electron chi connectivity index (χ0n) is 22.2. The Bertz CT molecular complexity index is 1020. The van der Waals surface area contributed by atoms with Gasteiger partial charge in [0, 0.05) is 12.0 Å². The summed E-state index contributed by atoms with van der Waals surface area (Å²) in [5, 5.41) is 34.0. The Morgan fingerprint density at radius 3 is 2.64 bits per heavy atom. The lowest BCUT2D eigenvalue weighted by Gasteiger charge is -2.48. The fourth-order valence-electron chi connectivity index (χ4n) is 7.57. The number of aliphatic hydroxyl groups is 3. The van der Waals surface area contributed by atoms with E-state index in [1.807, 2.05) is 13.0 Å². The number of fused-ring (bicyclic) bond motifs is 3. The Morgan fingerprint density at radius 2 is 1.97 bits per heavy atom. The van der Waals surface area contributed by atoms with Gasteiger partial charge in [-0.3, -0.25) is 4.79 Å². The van der Waals surface area contributed by atoms with Gasteiger partial charge >= 0.3 is 5.97 Å². The number of rotatable bonds is 8. The molecule has 4 aliphatic rings. The monoisotopic (exact) mass is 498 g/mol. The first kappa shape index (κ1) is 27.0. The molecular weight excluding hydrogens is 456 g/mol. The molecule has 3 N–H and O–H groups in total. The Morgan fingerprint density at radius 1 is 1.25 bits per heavy atom. The van der Waals surface area contributed by atoms with Gasteiger partial charge in [0.1, 0.15) is 6.10 Å². The molecule has 0 heterocycles. The second-order valence-electron chi connectivity index (χ2n) is 12.0. The van der Waals surface area contributed by atoms with Crippen LogP contribution in [0.5, 0.6) is 0 Å². The second-order valence-corrected chi connectivity index (χ2v) is 12.0. The predicted octanol–water partition coefficient (Wildman–Crippen LogP) is 4.06. The molecule has 0 amide bonds. The molecule has 4 aliphatic carbocycles. The summed E-state index contributed by atoms with van der Waals surface area (Å²) >= 11 is 0. The molecule has 0 radical (unpaired) electrons. The van der Waals surface area contributed by atoms with Crippen LogP contribution in [0.15, 0.2) is 47.6 Å². The van der Waals surface area contributed by atoms with Gasteiger partial charge in [0.05, 0.1) is 12.0 Å². The van der Waals surface area contributed by atoms with E-state index < -0.39 is 41.7 Å². The SMILES string of the molecule is CCCCC/C=C\C=C/C(=O)O[C@H]1C(C)=C[C@]23C(=O)[C@@H](C=C(CO)[C@@H](O)[C@]12O)[C@H]1[C@@H](C[C@H]3C)C1(C)C. The third-order valence-corrected chi connectivity index (χ3v) is 9.58. The maximum Gasteiger partial charge on any atom is 0.331 e. The molecule has 0 unspecified atom stereocenters. The van der Waals surface area contributed by atoms with Gasteiger partial charge in [-0.15, -0.1) is 0 Å². The lowest BCUT2D eigenvalue weighted by atomic mass is 9.59. The Balaban J connectivity index is 1.66. The van der Waals surface area contributed by atoms with Crippen molar-refractivity contribution in [3.05, 3.63) is 47.6 Å². The fraction of sp³-hybridized carbons (Fsp3) is 0.667. The summed E-state index contributed by atoms with van der Waals surface area (Å²) < 4.78 is 5.76. The highest BCUT2D eigenvalue weighted by Crippen LogP contribution is 2.71. The van der Waals surface area contributed by atoms with Crippen LogP contribution in [0.1, 0.15) is 66.7 Å². The van der Waals surface area contributed by atoms with Crippen LogP contribution in [0.4, 0.5) is 0 Å². The standard InChI is InChI=1S/C30H42O6/c1-6-7-8-9-10-11-12-13-23(32)36-27-18(2)16-29-19(3)14-22-24(28(22,4)5)21(26(29)34)15-20(17-31)25(33)30(27,29)35/h10-13,15-16,19,21-22,24-25,27,31,33,35H,6-9,14,17H2,1-5H3/b11-10-,13-12-/t19-,21+,22-,24+,25-,27+,29+,30+/m1/s1. The number of ether oxygens (including phenoxy) is 1. The van der Waals surface area contributed by atoms with Gasteiger partial charge in [-0.05, 0) is 60.5 Å². The Hall–Kier alpha value is -2.02. The minimum Gasteiger partial charge on any atom is -0.451 e. The number of aliphatic hydroxyl groups excluding tert-OH is 2. The third kappa shape index (κ3) is 3.88. The van der Waals surface area contributed by atoms with Gasteiger partial charge in [-0.2, -0.15) is 0 Å². The van der Waals surface area contributed by atoms with E-state index >= 15 is 0 Å². The van der Waals surface area contributed by atoms with E-state index in [1.165, 1.54) is 6.08 Å². The van der Waals surface area contributed by atoms with Crippen LogP contribution in [0.3, 0.4) is 0 Å². The minimum absolute atomic E-state index is 0.0290. The molecule has 0 saturated heterocycles. The largest absolute Gasteiger partial charge is 0.451 e. The molecular formula is C30H42O6. The van der Waals surface area contributed by atoms with Gasteiger partial charge in [-0.25, -0.2) is 4.79 Å². The van der Waals surface area contributed by atoms with Crippen molar-refractivity contribution in [3.8, 4) is 0 Å². The van der Waals surface area contributed by atoms with E-state index in [-0.39, 0.29) is 28.6 Å². The molecule has 4 rings (SSSR count). The average molecular weight is 499 g/mol. The van der Waals surface area contributed by atoms with Gasteiger partial charge in [0.2, 0.25) is 0 Å². The Labute approximate surface area is 214 Å². The number of carbonyl (C=O) groups excluding carboxylic acids is 2. The maximum atomic E-state index is 14.3. The molecule has 0 aromatic heterocycles. The van der Waals surface area contributed by atoms with Gasteiger partial charge in [-0.1, -0.05) is 70.9 Å². The van der Waals surface area contributed by atoms with Crippen LogP contribution in [0.25, 0.3) is 0 Å². The minimum atomic E-state index is -2.10. The molecule has 198 valence electrons. The molecule has 1 spiro atoms. The molecule has 8 atom stereocenters. The number of carbonyl (C=O) groups is 2. The van der Waals surface area contributed by atoms with E-state index in [4.69, 9.17) is 4.74 Å². The van der Waals surface area contributed by atoms with E-state index in [2.05, 4.69) is 20.8 Å². The van der Waals surface area contributed by atoms with Crippen LogP contribution in [-0.4, -0.2) is 51.5 Å². The fourth-order valence-corrected chi connectivity index (χ4v) is 7.57. The van der Waals surface area contributed by atoms with Crippen LogP contribution in [0.2, 0.25) is 0 Å². The molecule has 0 aromatic carbocycles. The summed E-state index contributed by atoms with van der Waals surface area (Å²) in [6.07, 6.45) is 12.4. The second kappa shape index (κ2) is 9.70. The van der Waals surface area contributed by atoms with Crippen molar-refractivity contribution >= 4 is 11.8 Å². The van der Waals surface area contributed by atoms with Gasteiger partial charge in [0.25, 0.3) is 0 Å². The van der Waals surface area contributed by atoms with E-state index in [0.29, 0.717) is 11.5 Å². The first-order chi connectivity index (χ1) is 17.0. The van der Waals surface area contributed by atoms with Crippen molar-refractivity contribution in [2.45, 2.75) is 84.5 Å². The molecule has 0 aromatic rings. The van der Waals surface area contributed by atoms with Crippen molar-refractivity contribution in [1.29, 1.82) is 0 Å². The molecule has 6 nitrogen and oxygen atoms in total. The van der Waals surface area contributed by atoms with Crippen LogP contribution in [0, 0.1) is 34.5 Å². The number of hydrogen-bond acceptors (Lipinski definition) is 6. The van der Waals surface area contributed by atoms with Crippen molar-refractivity contribution in [3.63, 3.8) is 0 Å².